The molecule has 2 aromatic rings. The Labute approximate surface area is 124 Å². The third kappa shape index (κ3) is 2.83. The van der Waals surface area contributed by atoms with Crippen LogP contribution in [-0.4, -0.2) is 26.8 Å². The SMILES string of the molecule is Cc1ccc(NC2(Nc3ccc(C)cn3)CCC2O)nc1. The largest absolute Gasteiger partial charge is 0.389 e. The van der Waals surface area contributed by atoms with E-state index < -0.39 is 11.8 Å². The van der Waals surface area contributed by atoms with Crippen molar-refractivity contribution in [3.05, 3.63) is 47.8 Å². The number of nitrogens with zero attached hydrogens (tertiary/aromatic N) is 2. The van der Waals surface area contributed by atoms with Gasteiger partial charge in [-0.15, -0.1) is 0 Å². The minimum absolute atomic E-state index is 0.469. The van der Waals surface area contributed by atoms with Crippen LogP contribution < -0.4 is 10.6 Å². The molecule has 1 aliphatic carbocycles. The molecule has 1 saturated carbocycles. The zero-order valence-corrected chi connectivity index (χ0v) is 12.3. The third-order valence-corrected chi connectivity index (χ3v) is 3.91. The number of aliphatic hydroxyl groups excluding tert-OH is 1. The first-order valence-corrected chi connectivity index (χ1v) is 7.17. The van der Waals surface area contributed by atoms with Crippen LogP contribution in [-0.2, 0) is 0 Å². The first-order valence-electron chi connectivity index (χ1n) is 7.17. The Bertz CT molecular complexity index is 562. The van der Waals surface area contributed by atoms with Crippen molar-refractivity contribution in [2.24, 2.45) is 0 Å². The standard InChI is InChI=1S/C16H20N4O/c1-11-3-5-14(17-9-11)19-16(8-7-13(16)21)20-15-6-4-12(2)10-18-15/h3-6,9-10,13,21H,7-8H2,1-2H3,(H,17,19)(H,18,20). The van der Waals surface area contributed by atoms with Gasteiger partial charge in [0.2, 0.25) is 0 Å². The first-order chi connectivity index (χ1) is 10.1. The molecule has 21 heavy (non-hydrogen) atoms. The molecule has 1 aliphatic rings. The van der Waals surface area contributed by atoms with Gasteiger partial charge in [-0.2, -0.15) is 0 Å². The van der Waals surface area contributed by atoms with E-state index in [-0.39, 0.29) is 0 Å². The second kappa shape index (κ2) is 5.33. The molecule has 1 unspecified atom stereocenters. The Hall–Kier alpha value is -2.14. The second-order valence-corrected chi connectivity index (χ2v) is 5.72. The van der Waals surface area contributed by atoms with Crippen molar-refractivity contribution < 1.29 is 5.11 Å². The van der Waals surface area contributed by atoms with E-state index in [0.717, 1.165) is 35.6 Å². The Kier molecular flexibility index (Phi) is 3.51. The predicted molar refractivity (Wildman–Crippen MR) is 83.2 cm³/mol. The number of anilines is 2. The van der Waals surface area contributed by atoms with Crippen molar-refractivity contribution in [2.75, 3.05) is 10.6 Å². The average molecular weight is 284 g/mol. The van der Waals surface area contributed by atoms with E-state index in [2.05, 4.69) is 20.6 Å². The Morgan fingerprint density at radius 2 is 1.52 bits per heavy atom. The lowest BCUT2D eigenvalue weighted by Gasteiger charge is -2.48. The van der Waals surface area contributed by atoms with E-state index in [4.69, 9.17) is 0 Å². The van der Waals surface area contributed by atoms with E-state index in [1.165, 1.54) is 0 Å². The van der Waals surface area contributed by atoms with Crippen LogP contribution in [0.4, 0.5) is 11.6 Å². The highest BCUT2D eigenvalue weighted by Crippen LogP contribution is 2.35. The van der Waals surface area contributed by atoms with Crippen molar-refractivity contribution in [3.8, 4) is 0 Å². The maximum absolute atomic E-state index is 10.2. The molecule has 0 bridgehead atoms. The molecule has 0 radical (unpaired) electrons. The van der Waals surface area contributed by atoms with Crippen molar-refractivity contribution in [1.82, 2.24) is 9.97 Å². The Morgan fingerprint density at radius 1 is 1.00 bits per heavy atom. The molecule has 1 fully saturated rings. The van der Waals surface area contributed by atoms with E-state index in [1.807, 2.05) is 50.5 Å². The molecular formula is C16H20N4O. The van der Waals surface area contributed by atoms with Crippen molar-refractivity contribution in [1.29, 1.82) is 0 Å². The first kappa shape index (κ1) is 13.8. The number of rotatable bonds is 4. The van der Waals surface area contributed by atoms with Gasteiger partial charge in [0.1, 0.15) is 17.3 Å². The van der Waals surface area contributed by atoms with Gasteiger partial charge < -0.3 is 15.7 Å². The number of aryl methyl sites for hydroxylation is 2. The minimum Gasteiger partial charge on any atom is -0.389 e. The highest BCUT2D eigenvalue weighted by Gasteiger charge is 2.46. The minimum atomic E-state index is -0.593. The number of hydrogen-bond acceptors (Lipinski definition) is 5. The van der Waals surface area contributed by atoms with E-state index in [1.54, 1.807) is 0 Å². The van der Waals surface area contributed by atoms with Crippen LogP contribution in [0, 0.1) is 13.8 Å². The Morgan fingerprint density at radius 3 is 1.81 bits per heavy atom. The maximum Gasteiger partial charge on any atom is 0.137 e. The highest BCUT2D eigenvalue weighted by molar-refractivity contribution is 5.48. The van der Waals surface area contributed by atoms with Gasteiger partial charge >= 0.3 is 0 Å². The van der Waals surface area contributed by atoms with Crippen LogP contribution in [0.25, 0.3) is 0 Å². The van der Waals surface area contributed by atoms with Crippen molar-refractivity contribution >= 4 is 11.6 Å². The normalized spacial score (nSPS) is 19.7. The summed E-state index contributed by atoms with van der Waals surface area (Å²) in [7, 11) is 0. The van der Waals surface area contributed by atoms with Crippen LogP contribution in [0.15, 0.2) is 36.7 Å². The molecule has 0 aromatic carbocycles. The highest BCUT2D eigenvalue weighted by atomic mass is 16.3. The lowest BCUT2D eigenvalue weighted by atomic mass is 9.81. The topological polar surface area (TPSA) is 70.1 Å². The van der Waals surface area contributed by atoms with E-state index in [0.29, 0.717) is 0 Å². The zero-order valence-electron chi connectivity index (χ0n) is 12.3. The molecule has 0 amide bonds. The lowest BCUT2D eigenvalue weighted by Crippen LogP contribution is -2.63. The van der Waals surface area contributed by atoms with Crippen molar-refractivity contribution in [3.63, 3.8) is 0 Å². The summed E-state index contributed by atoms with van der Waals surface area (Å²) in [4.78, 5) is 8.71. The summed E-state index contributed by atoms with van der Waals surface area (Å²) >= 11 is 0. The second-order valence-electron chi connectivity index (χ2n) is 5.72. The van der Waals surface area contributed by atoms with E-state index in [9.17, 15) is 5.11 Å². The predicted octanol–water partition coefficient (Wildman–Crippen LogP) is 2.47. The van der Waals surface area contributed by atoms with Gasteiger partial charge in [0.05, 0.1) is 6.10 Å². The zero-order chi connectivity index (χ0) is 14.9. The van der Waals surface area contributed by atoms with Crippen molar-refractivity contribution in [2.45, 2.75) is 38.5 Å². The number of hydrogen-bond donors (Lipinski definition) is 3. The molecular weight excluding hydrogens is 264 g/mol. The quantitative estimate of drug-likeness (QED) is 0.752. The molecule has 2 aromatic heterocycles. The molecule has 3 N–H and O–H groups in total. The van der Waals surface area contributed by atoms with Crippen LogP contribution in [0.2, 0.25) is 0 Å². The average Bonchev–Trinajstić information content (AvgIpc) is 2.49. The van der Waals surface area contributed by atoms with Crippen LogP contribution in [0.3, 0.4) is 0 Å². The molecule has 5 nitrogen and oxygen atoms in total. The van der Waals surface area contributed by atoms with Gasteiger partial charge in [0.15, 0.2) is 0 Å². The molecule has 1 atom stereocenters. The monoisotopic (exact) mass is 284 g/mol. The summed E-state index contributed by atoms with van der Waals surface area (Å²) in [5.41, 5.74) is 1.62. The number of pyridine rings is 2. The fourth-order valence-electron chi connectivity index (χ4n) is 2.43. The van der Waals surface area contributed by atoms with Gasteiger partial charge in [-0.1, -0.05) is 12.1 Å². The molecule has 110 valence electrons. The smallest absolute Gasteiger partial charge is 0.137 e. The summed E-state index contributed by atoms with van der Waals surface area (Å²) in [6.07, 6.45) is 4.73. The fourth-order valence-corrected chi connectivity index (χ4v) is 2.43. The van der Waals surface area contributed by atoms with E-state index >= 15 is 0 Å². The number of aliphatic hydroxyl groups is 1. The fraction of sp³-hybridized carbons (Fsp3) is 0.375. The molecule has 0 aliphatic heterocycles. The molecule has 2 heterocycles. The number of nitrogens with one attached hydrogen (secondary N) is 2. The summed E-state index contributed by atoms with van der Waals surface area (Å²) < 4.78 is 0. The van der Waals surface area contributed by atoms with Gasteiger partial charge in [0, 0.05) is 12.4 Å². The van der Waals surface area contributed by atoms with Crippen LogP contribution in [0.5, 0.6) is 0 Å². The van der Waals surface area contributed by atoms with Gasteiger partial charge in [-0.05, 0) is 49.9 Å². The van der Waals surface area contributed by atoms with Gasteiger partial charge in [-0.3, -0.25) is 0 Å². The maximum atomic E-state index is 10.2. The molecule has 0 spiro atoms. The molecule has 3 rings (SSSR count). The summed E-state index contributed by atoms with van der Waals surface area (Å²) in [5, 5.41) is 16.8. The Balaban J connectivity index is 1.79. The third-order valence-electron chi connectivity index (χ3n) is 3.91. The lowest BCUT2D eigenvalue weighted by molar-refractivity contribution is 0.0279. The summed E-state index contributed by atoms with van der Waals surface area (Å²) in [6.45, 7) is 4.00. The summed E-state index contributed by atoms with van der Waals surface area (Å²) in [6, 6.07) is 7.84. The van der Waals surface area contributed by atoms with Gasteiger partial charge in [-0.25, -0.2) is 9.97 Å². The summed E-state index contributed by atoms with van der Waals surface area (Å²) in [5.74, 6) is 1.50. The van der Waals surface area contributed by atoms with Crippen LogP contribution in [0.1, 0.15) is 24.0 Å². The van der Waals surface area contributed by atoms with Crippen LogP contribution >= 0.6 is 0 Å². The molecule has 0 saturated heterocycles. The van der Waals surface area contributed by atoms with Gasteiger partial charge in [0.25, 0.3) is 0 Å². The number of aromatic nitrogens is 2. The molecule has 5 heteroatoms.